The smallest absolute Gasteiger partial charge is 0.354 e. The molecule has 1 amide bonds. The molecule has 8 nitrogen and oxygen atoms in total. The maximum atomic E-state index is 13.0. The number of rotatable bonds is 11. The lowest BCUT2D eigenvalue weighted by molar-refractivity contribution is -0.120. The molecule has 0 bridgehead atoms. The lowest BCUT2D eigenvalue weighted by Crippen LogP contribution is -2.32. The molecule has 0 aliphatic heterocycles. The second-order valence-corrected chi connectivity index (χ2v) is 12.2. The van der Waals surface area contributed by atoms with Crippen LogP contribution in [0.2, 0.25) is 5.02 Å². The molecule has 0 radical (unpaired) electrons. The van der Waals surface area contributed by atoms with Gasteiger partial charge in [0, 0.05) is 23.5 Å². The molecule has 1 fully saturated rings. The van der Waals surface area contributed by atoms with E-state index in [1.165, 1.54) is 10.7 Å². The molecule has 0 saturated heterocycles. The van der Waals surface area contributed by atoms with Crippen molar-refractivity contribution in [2.24, 2.45) is 5.92 Å². The van der Waals surface area contributed by atoms with Crippen molar-refractivity contribution in [3.63, 3.8) is 0 Å². The number of aryl methyl sites for hydroxylation is 1. The van der Waals surface area contributed by atoms with Crippen molar-refractivity contribution >= 4 is 33.5 Å². The highest BCUT2D eigenvalue weighted by molar-refractivity contribution is 7.90. The van der Waals surface area contributed by atoms with Crippen LogP contribution in [0.5, 0.6) is 0 Å². The highest BCUT2D eigenvalue weighted by Gasteiger charge is 2.33. The monoisotopic (exact) mass is 591 g/mol. The lowest BCUT2D eigenvalue weighted by atomic mass is 9.97. The van der Waals surface area contributed by atoms with E-state index in [1.54, 1.807) is 54.6 Å². The quantitative estimate of drug-likeness (QED) is 0.219. The number of hydrogen-bond donors (Lipinski definition) is 2. The number of nitrogens with zero attached hydrogens (tertiary/aromatic N) is 2. The molecule has 4 aromatic rings. The fraction of sp³-hybridized carbons (Fsp3) is 0.258. The van der Waals surface area contributed by atoms with E-state index in [0.717, 1.165) is 18.4 Å². The minimum Gasteiger partial charge on any atom is -0.476 e. The Hall–Kier alpha value is -3.95. The standard InChI is InChI=1S/C31H30ClN3O5S/c1-2-3-10-26-24(29(31(37)38)35(33-26)27-11-6-5-9-25(27)32)19-20-13-15-21(16-14-20)23-8-4-7-12-28(23)41(39,40)34-30(36)22-17-18-22/h4-9,11-16,22H,2-3,10,17-19H2,1H3,(H,34,36)(H,37,38). The second kappa shape index (κ2) is 11.9. The number of carbonyl (C=O) groups is 2. The Bertz CT molecular complexity index is 1710. The van der Waals surface area contributed by atoms with Gasteiger partial charge in [0.1, 0.15) is 0 Å². The third-order valence-electron chi connectivity index (χ3n) is 7.12. The molecule has 0 atom stereocenters. The summed E-state index contributed by atoms with van der Waals surface area (Å²) in [5, 5.41) is 15.3. The highest BCUT2D eigenvalue weighted by Crippen LogP contribution is 2.32. The lowest BCUT2D eigenvalue weighted by Gasteiger charge is -2.12. The van der Waals surface area contributed by atoms with E-state index in [9.17, 15) is 23.1 Å². The largest absolute Gasteiger partial charge is 0.476 e. The molecule has 2 N–H and O–H groups in total. The molecule has 1 aliphatic rings. The van der Waals surface area contributed by atoms with Crippen LogP contribution in [-0.2, 0) is 27.7 Å². The molecule has 5 rings (SSSR count). The molecule has 1 saturated carbocycles. The normalized spacial score (nSPS) is 13.2. The molecule has 212 valence electrons. The number of carboxylic acids is 1. The summed E-state index contributed by atoms with van der Waals surface area (Å²) in [7, 11) is -4.05. The Morgan fingerprint density at radius 3 is 2.37 bits per heavy atom. The summed E-state index contributed by atoms with van der Waals surface area (Å²) in [5.41, 5.74) is 3.85. The number of amides is 1. The number of carboxylic acid groups (broad SMARTS) is 1. The minimum atomic E-state index is -4.05. The Morgan fingerprint density at radius 2 is 1.71 bits per heavy atom. The number of carbonyl (C=O) groups excluding carboxylic acids is 1. The molecular weight excluding hydrogens is 562 g/mol. The minimum absolute atomic E-state index is 0.0257. The van der Waals surface area contributed by atoms with Crippen LogP contribution in [-0.4, -0.2) is 35.2 Å². The summed E-state index contributed by atoms with van der Waals surface area (Å²) in [6.45, 7) is 2.07. The first-order valence-corrected chi connectivity index (χ1v) is 15.4. The van der Waals surface area contributed by atoms with E-state index >= 15 is 0 Å². The molecule has 3 aromatic carbocycles. The number of sulfonamides is 1. The predicted octanol–water partition coefficient (Wildman–Crippen LogP) is 6.04. The van der Waals surface area contributed by atoms with E-state index in [4.69, 9.17) is 16.7 Å². The maximum absolute atomic E-state index is 13.0. The molecular formula is C31H30ClN3O5S. The number of aromatic carboxylic acids is 1. The average Bonchev–Trinajstić information content (AvgIpc) is 3.75. The van der Waals surface area contributed by atoms with Gasteiger partial charge in [0.2, 0.25) is 5.91 Å². The van der Waals surface area contributed by atoms with Gasteiger partial charge in [-0.15, -0.1) is 0 Å². The van der Waals surface area contributed by atoms with Gasteiger partial charge in [-0.25, -0.2) is 22.6 Å². The first-order valence-electron chi connectivity index (χ1n) is 13.5. The topological polar surface area (TPSA) is 118 Å². The number of nitrogens with one attached hydrogen (secondary N) is 1. The Morgan fingerprint density at radius 1 is 1.02 bits per heavy atom. The number of aromatic nitrogens is 2. The molecule has 1 heterocycles. The summed E-state index contributed by atoms with van der Waals surface area (Å²) in [5.74, 6) is -1.81. The number of unbranched alkanes of at least 4 members (excludes halogenated alkanes) is 1. The van der Waals surface area contributed by atoms with E-state index in [2.05, 4.69) is 11.6 Å². The van der Waals surface area contributed by atoms with Gasteiger partial charge < -0.3 is 5.11 Å². The van der Waals surface area contributed by atoms with E-state index in [1.807, 2.05) is 12.1 Å². The van der Waals surface area contributed by atoms with Gasteiger partial charge in [-0.2, -0.15) is 5.10 Å². The van der Waals surface area contributed by atoms with E-state index in [0.29, 0.717) is 58.8 Å². The van der Waals surface area contributed by atoms with Crippen LogP contribution in [0.3, 0.4) is 0 Å². The van der Waals surface area contributed by atoms with Crippen LogP contribution in [0.4, 0.5) is 0 Å². The van der Waals surface area contributed by atoms with Gasteiger partial charge in [-0.1, -0.05) is 79.5 Å². The van der Waals surface area contributed by atoms with Crippen LogP contribution in [0.15, 0.2) is 77.7 Å². The molecule has 0 spiro atoms. The fourth-order valence-electron chi connectivity index (χ4n) is 4.81. The molecule has 1 aromatic heterocycles. The SMILES string of the molecule is CCCCc1nn(-c2ccccc2Cl)c(C(=O)O)c1Cc1ccc(-c2ccccc2S(=O)(=O)NC(=O)C2CC2)cc1. The van der Waals surface area contributed by atoms with Crippen LogP contribution in [0.1, 0.15) is 59.9 Å². The van der Waals surface area contributed by atoms with Crippen molar-refractivity contribution in [3.8, 4) is 16.8 Å². The van der Waals surface area contributed by atoms with Crippen LogP contribution in [0, 0.1) is 5.92 Å². The van der Waals surface area contributed by atoms with Gasteiger partial charge in [-0.05, 0) is 55.0 Å². The summed E-state index contributed by atoms with van der Waals surface area (Å²) in [6.07, 6.45) is 4.13. The third-order valence-corrected chi connectivity index (χ3v) is 8.85. The first-order chi connectivity index (χ1) is 19.7. The van der Waals surface area contributed by atoms with Crippen molar-refractivity contribution in [3.05, 3.63) is 100 Å². The number of para-hydroxylation sites is 1. The summed E-state index contributed by atoms with van der Waals surface area (Å²) >= 11 is 6.41. The number of hydrogen-bond acceptors (Lipinski definition) is 5. The van der Waals surface area contributed by atoms with Gasteiger partial charge in [0.05, 0.1) is 21.3 Å². The van der Waals surface area contributed by atoms with Gasteiger partial charge in [0.25, 0.3) is 10.0 Å². The van der Waals surface area contributed by atoms with Crippen molar-refractivity contribution in [1.29, 1.82) is 0 Å². The van der Waals surface area contributed by atoms with Crippen molar-refractivity contribution in [1.82, 2.24) is 14.5 Å². The van der Waals surface area contributed by atoms with Gasteiger partial charge in [-0.3, -0.25) is 4.79 Å². The Balaban J connectivity index is 1.49. The zero-order chi connectivity index (χ0) is 29.1. The highest BCUT2D eigenvalue weighted by atomic mass is 35.5. The summed E-state index contributed by atoms with van der Waals surface area (Å²) in [6, 6.07) is 20.9. The average molecular weight is 592 g/mol. The van der Waals surface area contributed by atoms with Crippen molar-refractivity contribution in [2.45, 2.75) is 50.3 Å². The molecule has 1 aliphatic carbocycles. The fourth-order valence-corrected chi connectivity index (χ4v) is 6.30. The number of benzene rings is 3. The zero-order valence-corrected chi connectivity index (χ0v) is 24.1. The van der Waals surface area contributed by atoms with Crippen LogP contribution < -0.4 is 4.72 Å². The first kappa shape index (κ1) is 28.6. The Kier molecular flexibility index (Phi) is 8.28. The van der Waals surface area contributed by atoms with E-state index < -0.39 is 21.9 Å². The third kappa shape index (κ3) is 6.21. The van der Waals surface area contributed by atoms with Crippen LogP contribution >= 0.6 is 11.6 Å². The molecule has 10 heteroatoms. The molecule has 0 unspecified atom stereocenters. The Labute approximate surface area is 244 Å². The van der Waals surface area contributed by atoms with Crippen molar-refractivity contribution in [2.75, 3.05) is 0 Å². The zero-order valence-electron chi connectivity index (χ0n) is 22.5. The maximum Gasteiger partial charge on any atom is 0.354 e. The van der Waals surface area contributed by atoms with Crippen LogP contribution in [0.25, 0.3) is 16.8 Å². The predicted molar refractivity (Wildman–Crippen MR) is 157 cm³/mol. The second-order valence-electron chi connectivity index (χ2n) is 10.2. The molecule has 41 heavy (non-hydrogen) atoms. The van der Waals surface area contributed by atoms with Gasteiger partial charge in [0.15, 0.2) is 5.69 Å². The summed E-state index contributed by atoms with van der Waals surface area (Å²) < 4.78 is 29.7. The summed E-state index contributed by atoms with van der Waals surface area (Å²) in [4.78, 5) is 24.7. The van der Waals surface area contributed by atoms with E-state index in [-0.39, 0.29) is 16.5 Å². The van der Waals surface area contributed by atoms with Gasteiger partial charge >= 0.3 is 5.97 Å². The van der Waals surface area contributed by atoms with Crippen molar-refractivity contribution < 1.29 is 23.1 Å². The number of halogens is 1.